The van der Waals surface area contributed by atoms with Gasteiger partial charge in [0.15, 0.2) is 0 Å². The highest BCUT2D eigenvalue weighted by Gasteiger charge is 2.18. The van der Waals surface area contributed by atoms with Crippen molar-refractivity contribution in [1.82, 2.24) is 9.62 Å². The summed E-state index contributed by atoms with van der Waals surface area (Å²) >= 11 is 0. The van der Waals surface area contributed by atoms with Crippen LogP contribution in [0, 0.1) is 5.92 Å². The molecule has 0 radical (unpaired) electrons. The molecule has 1 aromatic carbocycles. The van der Waals surface area contributed by atoms with Crippen molar-refractivity contribution in [2.75, 3.05) is 26.7 Å². The Morgan fingerprint density at radius 3 is 2.43 bits per heavy atom. The molecule has 0 spiro atoms. The fourth-order valence-electron chi connectivity index (χ4n) is 2.61. The third-order valence-corrected chi connectivity index (χ3v) is 5.58. The van der Waals surface area contributed by atoms with E-state index in [9.17, 15) is 8.42 Å². The molecule has 0 atom stereocenters. The molecular weight excluding hydrogens is 288 g/mol. The molecule has 0 aliphatic carbocycles. The molecule has 0 unspecified atom stereocenters. The van der Waals surface area contributed by atoms with Crippen LogP contribution >= 0.6 is 0 Å². The summed E-state index contributed by atoms with van der Waals surface area (Å²) in [7, 11) is -1.32. The number of piperidine rings is 1. The molecule has 1 aliphatic heterocycles. The Morgan fingerprint density at radius 1 is 1.24 bits per heavy atom. The molecule has 6 heteroatoms. The Labute approximate surface area is 127 Å². The van der Waals surface area contributed by atoms with Crippen molar-refractivity contribution in [1.29, 1.82) is 0 Å². The number of nitrogens with one attached hydrogen (secondary N) is 1. The van der Waals surface area contributed by atoms with Crippen molar-refractivity contribution in [2.24, 2.45) is 5.92 Å². The van der Waals surface area contributed by atoms with E-state index in [0.717, 1.165) is 32.4 Å². The third-order valence-electron chi connectivity index (χ3n) is 4.10. The Hall–Kier alpha value is -0.950. The molecule has 21 heavy (non-hydrogen) atoms. The summed E-state index contributed by atoms with van der Waals surface area (Å²) in [5.74, 6) is 0.612. The molecule has 1 aliphatic rings. The van der Waals surface area contributed by atoms with E-state index in [4.69, 9.17) is 5.11 Å². The minimum Gasteiger partial charge on any atom is -0.392 e. The largest absolute Gasteiger partial charge is 0.392 e. The summed E-state index contributed by atoms with van der Waals surface area (Å²) in [6.45, 7) is 2.60. The van der Waals surface area contributed by atoms with Crippen LogP contribution in [0.15, 0.2) is 29.2 Å². The van der Waals surface area contributed by atoms with Gasteiger partial charge in [0.05, 0.1) is 11.5 Å². The summed E-state index contributed by atoms with van der Waals surface area (Å²) in [4.78, 5) is 2.56. The molecule has 2 rings (SSSR count). The van der Waals surface area contributed by atoms with Gasteiger partial charge in [0.1, 0.15) is 0 Å². The quantitative estimate of drug-likeness (QED) is 0.828. The van der Waals surface area contributed by atoms with Gasteiger partial charge in [0.2, 0.25) is 10.0 Å². The van der Waals surface area contributed by atoms with Gasteiger partial charge in [-0.15, -0.1) is 0 Å². The van der Waals surface area contributed by atoms with Crippen LogP contribution in [0.1, 0.15) is 24.8 Å². The Morgan fingerprint density at radius 2 is 1.86 bits per heavy atom. The Kier molecular flexibility index (Phi) is 5.75. The van der Waals surface area contributed by atoms with E-state index in [1.165, 1.54) is 12.1 Å². The maximum atomic E-state index is 12.1. The maximum absolute atomic E-state index is 12.1. The number of hydrogen-bond acceptors (Lipinski definition) is 4. The van der Waals surface area contributed by atoms with Crippen LogP contribution in [0.3, 0.4) is 0 Å². The predicted octanol–water partition coefficient (Wildman–Crippen LogP) is 1.19. The van der Waals surface area contributed by atoms with Crippen LogP contribution < -0.4 is 4.72 Å². The molecule has 0 amide bonds. The number of sulfonamides is 1. The van der Waals surface area contributed by atoms with Gasteiger partial charge >= 0.3 is 0 Å². The highest BCUT2D eigenvalue weighted by Crippen LogP contribution is 2.19. The van der Waals surface area contributed by atoms with E-state index in [1.807, 2.05) is 0 Å². The van der Waals surface area contributed by atoms with Gasteiger partial charge in [0.25, 0.3) is 0 Å². The predicted molar refractivity (Wildman–Crippen MR) is 82.4 cm³/mol. The van der Waals surface area contributed by atoms with Crippen LogP contribution in [0.2, 0.25) is 0 Å². The van der Waals surface area contributed by atoms with Gasteiger partial charge in [-0.05, 0) is 63.0 Å². The van der Waals surface area contributed by atoms with Crippen LogP contribution in [0.5, 0.6) is 0 Å². The number of nitrogens with zero attached hydrogens (tertiary/aromatic N) is 1. The van der Waals surface area contributed by atoms with Gasteiger partial charge in [-0.3, -0.25) is 0 Å². The van der Waals surface area contributed by atoms with Gasteiger partial charge in [-0.1, -0.05) is 12.1 Å². The average Bonchev–Trinajstić information content (AvgIpc) is 2.49. The molecule has 0 bridgehead atoms. The standard InChI is InChI=1S/C15H24N2O3S/c1-17-10-7-13(8-11-17)6-9-16-21(19,20)15-4-2-14(12-18)3-5-15/h2-5,13,16,18H,6-12H2,1H3. The normalized spacial score (nSPS) is 18.0. The van der Waals surface area contributed by atoms with Crippen molar-refractivity contribution in [3.05, 3.63) is 29.8 Å². The lowest BCUT2D eigenvalue weighted by atomic mass is 9.94. The zero-order valence-corrected chi connectivity index (χ0v) is 13.3. The zero-order valence-electron chi connectivity index (χ0n) is 12.5. The second kappa shape index (κ2) is 7.35. The first-order chi connectivity index (χ1) is 10.0. The number of rotatable bonds is 6. The lowest BCUT2D eigenvalue weighted by Crippen LogP contribution is -2.32. The molecule has 0 saturated carbocycles. The van der Waals surface area contributed by atoms with E-state index in [0.29, 0.717) is 18.0 Å². The molecule has 1 fully saturated rings. The van der Waals surface area contributed by atoms with Crippen molar-refractivity contribution >= 4 is 10.0 Å². The summed E-state index contributed by atoms with van der Waals surface area (Å²) in [5.41, 5.74) is 0.709. The van der Waals surface area contributed by atoms with E-state index >= 15 is 0 Å². The molecule has 1 saturated heterocycles. The van der Waals surface area contributed by atoms with Crippen LogP contribution in [-0.4, -0.2) is 45.1 Å². The number of benzene rings is 1. The Bertz CT molecular complexity index is 535. The second-order valence-corrected chi connectivity index (χ2v) is 7.50. The lowest BCUT2D eigenvalue weighted by molar-refractivity contribution is 0.213. The average molecular weight is 312 g/mol. The highest BCUT2D eigenvalue weighted by molar-refractivity contribution is 7.89. The lowest BCUT2D eigenvalue weighted by Gasteiger charge is -2.28. The van der Waals surface area contributed by atoms with Crippen molar-refractivity contribution in [2.45, 2.75) is 30.8 Å². The minimum absolute atomic E-state index is 0.0795. The van der Waals surface area contributed by atoms with E-state index in [1.54, 1.807) is 12.1 Å². The summed E-state index contributed by atoms with van der Waals surface area (Å²) in [6.07, 6.45) is 3.18. The Balaban J connectivity index is 1.83. The van der Waals surface area contributed by atoms with Crippen molar-refractivity contribution in [3.8, 4) is 0 Å². The van der Waals surface area contributed by atoms with E-state index in [2.05, 4.69) is 16.7 Å². The number of aliphatic hydroxyl groups is 1. The van der Waals surface area contributed by atoms with Gasteiger partial charge < -0.3 is 10.0 Å². The van der Waals surface area contributed by atoms with Crippen LogP contribution in [0.4, 0.5) is 0 Å². The maximum Gasteiger partial charge on any atom is 0.240 e. The summed E-state index contributed by atoms with van der Waals surface area (Å²) in [6, 6.07) is 6.32. The van der Waals surface area contributed by atoms with Crippen molar-refractivity contribution in [3.63, 3.8) is 0 Å². The first-order valence-electron chi connectivity index (χ1n) is 7.39. The molecule has 118 valence electrons. The topological polar surface area (TPSA) is 69.6 Å². The highest BCUT2D eigenvalue weighted by atomic mass is 32.2. The molecular formula is C15H24N2O3S. The van der Waals surface area contributed by atoms with Gasteiger partial charge in [0, 0.05) is 6.54 Å². The van der Waals surface area contributed by atoms with Crippen molar-refractivity contribution < 1.29 is 13.5 Å². The summed E-state index contributed by atoms with van der Waals surface area (Å²) in [5, 5.41) is 8.97. The summed E-state index contributed by atoms with van der Waals surface area (Å²) < 4.78 is 27.0. The molecule has 1 heterocycles. The number of aliphatic hydroxyl groups excluding tert-OH is 1. The molecule has 2 N–H and O–H groups in total. The van der Waals surface area contributed by atoms with E-state index in [-0.39, 0.29) is 11.5 Å². The van der Waals surface area contributed by atoms with Crippen LogP contribution in [-0.2, 0) is 16.6 Å². The molecule has 1 aromatic rings. The molecule has 5 nitrogen and oxygen atoms in total. The first kappa shape index (κ1) is 16.4. The first-order valence-corrected chi connectivity index (χ1v) is 8.87. The SMILES string of the molecule is CN1CCC(CCNS(=O)(=O)c2ccc(CO)cc2)CC1. The monoisotopic (exact) mass is 312 g/mol. The van der Waals surface area contributed by atoms with Gasteiger partial charge in [-0.25, -0.2) is 13.1 Å². The number of likely N-dealkylation sites (tertiary alicyclic amines) is 1. The van der Waals surface area contributed by atoms with Crippen LogP contribution in [0.25, 0.3) is 0 Å². The zero-order chi connectivity index (χ0) is 15.3. The third kappa shape index (κ3) is 4.78. The smallest absolute Gasteiger partial charge is 0.240 e. The van der Waals surface area contributed by atoms with E-state index < -0.39 is 10.0 Å². The fraction of sp³-hybridized carbons (Fsp3) is 0.600. The number of hydrogen-bond donors (Lipinski definition) is 2. The van der Waals surface area contributed by atoms with Gasteiger partial charge in [-0.2, -0.15) is 0 Å². The minimum atomic E-state index is -3.44. The second-order valence-electron chi connectivity index (χ2n) is 5.74. The molecule has 0 aromatic heterocycles. The fourth-order valence-corrected chi connectivity index (χ4v) is 3.65.